The molecule has 1 aliphatic rings. The SMILES string of the molecule is CC(O)CC1CCCCCN1S(=O)(=O)CCCC(F)(F)F. The molecule has 126 valence electrons. The summed E-state index contributed by atoms with van der Waals surface area (Å²) in [4.78, 5) is 0. The van der Waals surface area contributed by atoms with Crippen LogP contribution in [0.3, 0.4) is 0 Å². The van der Waals surface area contributed by atoms with E-state index in [1.165, 1.54) is 4.31 Å². The van der Waals surface area contributed by atoms with Crippen molar-refractivity contribution in [3.05, 3.63) is 0 Å². The maximum absolute atomic E-state index is 12.3. The molecule has 2 atom stereocenters. The third-order valence-electron chi connectivity index (χ3n) is 3.66. The van der Waals surface area contributed by atoms with Crippen LogP contribution in [-0.4, -0.2) is 48.4 Å². The first-order chi connectivity index (χ1) is 9.62. The summed E-state index contributed by atoms with van der Waals surface area (Å²) >= 11 is 0. The Hall–Kier alpha value is -0.340. The van der Waals surface area contributed by atoms with Crippen molar-refractivity contribution in [3.63, 3.8) is 0 Å². The summed E-state index contributed by atoms with van der Waals surface area (Å²) in [5, 5.41) is 9.49. The number of halogens is 3. The van der Waals surface area contributed by atoms with Crippen LogP contribution in [0.15, 0.2) is 0 Å². The molecule has 1 aliphatic heterocycles. The van der Waals surface area contributed by atoms with Crippen molar-refractivity contribution in [2.75, 3.05) is 12.3 Å². The number of alkyl halides is 3. The number of hydrogen-bond acceptors (Lipinski definition) is 3. The van der Waals surface area contributed by atoms with E-state index in [-0.39, 0.29) is 6.04 Å². The number of rotatable bonds is 6. The Kier molecular flexibility index (Phi) is 6.93. The fraction of sp³-hybridized carbons (Fsp3) is 1.00. The first kappa shape index (κ1) is 18.7. The summed E-state index contributed by atoms with van der Waals surface area (Å²) < 4.78 is 62.3. The molecular formula is C13H24F3NO3S. The summed E-state index contributed by atoms with van der Waals surface area (Å²) in [6.07, 6.45) is -2.95. The van der Waals surface area contributed by atoms with E-state index in [9.17, 15) is 26.7 Å². The highest BCUT2D eigenvalue weighted by Crippen LogP contribution is 2.26. The maximum Gasteiger partial charge on any atom is 0.389 e. The minimum Gasteiger partial charge on any atom is -0.393 e. The first-order valence-corrected chi connectivity index (χ1v) is 8.97. The predicted molar refractivity (Wildman–Crippen MR) is 74.3 cm³/mol. The van der Waals surface area contributed by atoms with Gasteiger partial charge in [0, 0.05) is 19.0 Å². The van der Waals surface area contributed by atoms with Gasteiger partial charge in [-0.2, -0.15) is 17.5 Å². The highest BCUT2D eigenvalue weighted by Gasteiger charge is 2.33. The lowest BCUT2D eigenvalue weighted by Gasteiger charge is -2.30. The van der Waals surface area contributed by atoms with Gasteiger partial charge < -0.3 is 5.11 Å². The summed E-state index contributed by atoms with van der Waals surface area (Å²) in [7, 11) is -3.70. The Balaban J connectivity index is 2.71. The molecule has 0 aromatic heterocycles. The second-order valence-corrected chi connectivity index (χ2v) is 7.77. The maximum atomic E-state index is 12.3. The third-order valence-corrected chi connectivity index (χ3v) is 5.66. The van der Waals surface area contributed by atoms with Crippen molar-refractivity contribution >= 4 is 10.0 Å². The molecule has 2 unspecified atom stereocenters. The van der Waals surface area contributed by atoms with Gasteiger partial charge in [-0.1, -0.05) is 12.8 Å². The van der Waals surface area contributed by atoms with E-state index in [4.69, 9.17) is 0 Å². The Morgan fingerprint density at radius 1 is 1.29 bits per heavy atom. The second-order valence-electron chi connectivity index (χ2n) is 5.73. The van der Waals surface area contributed by atoms with E-state index in [2.05, 4.69) is 0 Å². The third kappa shape index (κ3) is 6.97. The number of hydrogen-bond donors (Lipinski definition) is 1. The summed E-state index contributed by atoms with van der Waals surface area (Å²) in [6.45, 7) is 1.94. The van der Waals surface area contributed by atoms with Crippen LogP contribution in [0.2, 0.25) is 0 Å². The van der Waals surface area contributed by atoms with Crippen LogP contribution < -0.4 is 0 Å². The number of aliphatic hydroxyl groups is 1. The molecule has 21 heavy (non-hydrogen) atoms. The fourth-order valence-electron chi connectivity index (χ4n) is 2.72. The molecule has 1 N–H and O–H groups in total. The number of nitrogens with zero attached hydrogens (tertiary/aromatic N) is 1. The molecule has 0 radical (unpaired) electrons. The molecule has 0 amide bonds. The first-order valence-electron chi connectivity index (χ1n) is 7.36. The van der Waals surface area contributed by atoms with E-state index in [1.54, 1.807) is 6.92 Å². The quantitative estimate of drug-likeness (QED) is 0.814. The largest absolute Gasteiger partial charge is 0.393 e. The molecule has 8 heteroatoms. The van der Waals surface area contributed by atoms with Crippen molar-refractivity contribution in [2.24, 2.45) is 0 Å². The van der Waals surface area contributed by atoms with E-state index in [1.807, 2.05) is 0 Å². The fourth-order valence-corrected chi connectivity index (χ4v) is 4.52. The smallest absolute Gasteiger partial charge is 0.389 e. The van der Waals surface area contributed by atoms with Crippen molar-refractivity contribution < 1.29 is 26.7 Å². The Morgan fingerprint density at radius 3 is 2.52 bits per heavy atom. The van der Waals surface area contributed by atoms with Crippen LogP contribution in [0.5, 0.6) is 0 Å². The van der Waals surface area contributed by atoms with Crippen molar-refractivity contribution in [1.29, 1.82) is 0 Å². The van der Waals surface area contributed by atoms with Crippen LogP contribution in [-0.2, 0) is 10.0 Å². The molecule has 0 aromatic carbocycles. The summed E-state index contributed by atoms with van der Waals surface area (Å²) in [5.41, 5.74) is 0. The molecular weight excluding hydrogens is 307 g/mol. The van der Waals surface area contributed by atoms with Gasteiger partial charge in [-0.3, -0.25) is 0 Å². The van der Waals surface area contributed by atoms with Crippen LogP contribution >= 0.6 is 0 Å². The monoisotopic (exact) mass is 331 g/mol. The van der Waals surface area contributed by atoms with Gasteiger partial charge in [-0.05, 0) is 32.6 Å². The van der Waals surface area contributed by atoms with Gasteiger partial charge in [0.15, 0.2) is 0 Å². The van der Waals surface area contributed by atoms with Crippen molar-refractivity contribution in [1.82, 2.24) is 4.31 Å². The molecule has 4 nitrogen and oxygen atoms in total. The van der Waals surface area contributed by atoms with E-state index in [0.29, 0.717) is 19.4 Å². The van der Waals surface area contributed by atoms with Crippen LogP contribution in [0.25, 0.3) is 0 Å². The highest BCUT2D eigenvalue weighted by atomic mass is 32.2. The van der Waals surface area contributed by atoms with Gasteiger partial charge in [0.2, 0.25) is 10.0 Å². The summed E-state index contributed by atoms with van der Waals surface area (Å²) in [5.74, 6) is -0.483. The number of aliphatic hydroxyl groups excluding tert-OH is 1. The van der Waals surface area contributed by atoms with Crippen LogP contribution in [0.1, 0.15) is 51.9 Å². The van der Waals surface area contributed by atoms with Gasteiger partial charge in [0.25, 0.3) is 0 Å². The number of sulfonamides is 1. The zero-order valence-electron chi connectivity index (χ0n) is 12.3. The van der Waals surface area contributed by atoms with Gasteiger partial charge >= 0.3 is 6.18 Å². The molecule has 0 aliphatic carbocycles. The van der Waals surface area contributed by atoms with Gasteiger partial charge in [-0.15, -0.1) is 0 Å². The van der Waals surface area contributed by atoms with Crippen LogP contribution in [0, 0.1) is 0 Å². The molecule has 1 fully saturated rings. The predicted octanol–water partition coefficient (Wildman–Crippen LogP) is 2.67. The van der Waals surface area contributed by atoms with Gasteiger partial charge in [0.1, 0.15) is 0 Å². The van der Waals surface area contributed by atoms with Crippen molar-refractivity contribution in [3.8, 4) is 0 Å². The normalized spacial score (nSPS) is 23.8. The van der Waals surface area contributed by atoms with E-state index in [0.717, 1.165) is 19.3 Å². The Bertz CT molecular complexity index is 409. The Morgan fingerprint density at radius 2 is 1.95 bits per heavy atom. The van der Waals surface area contributed by atoms with Crippen molar-refractivity contribution in [2.45, 2.75) is 70.2 Å². The standard InChI is InChI=1S/C13H24F3NO3S/c1-11(18)10-12-6-3-2-4-8-17(12)21(19,20)9-5-7-13(14,15)16/h11-12,18H,2-10H2,1H3. The molecule has 1 heterocycles. The zero-order chi connectivity index (χ0) is 16.1. The lowest BCUT2D eigenvalue weighted by atomic mass is 10.1. The molecule has 1 saturated heterocycles. The highest BCUT2D eigenvalue weighted by molar-refractivity contribution is 7.89. The Labute approximate surface area is 124 Å². The van der Waals surface area contributed by atoms with E-state index >= 15 is 0 Å². The average Bonchev–Trinajstić information content (AvgIpc) is 2.51. The molecule has 0 saturated carbocycles. The molecule has 0 bridgehead atoms. The average molecular weight is 331 g/mol. The van der Waals surface area contributed by atoms with Gasteiger partial charge in [-0.25, -0.2) is 8.42 Å². The summed E-state index contributed by atoms with van der Waals surface area (Å²) in [6, 6.07) is -0.302. The minimum absolute atomic E-state index is 0.302. The molecule has 0 spiro atoms. The van der Waals surface area contributed by atoms with E-state index < -0.39 is 40.9 Å². The van der Waals surface area contributed by atoms with Gasteiger partial charge in [0.05, 0.1) is 11.9 Å². The molecule has 1 rings (SSSR count). The lowest BCUT2D eigenvalue weighted by molar-refractivity contribution is -0.134. The minimum atomic E-state index is -4.33. The second kappa shape index (κ2) is 7.78. The van der Waals surface area contributed by atoms with Crippen LogP contribution in [0.4, 0.5) is 13.2 Å². The lowest BCUT2D eigenvalue weighted by Crippen LogP contribution is -2.42. The zero-order valence-corrected chi connectivity index (χ0v) is 13.1. The topological polar surface area (TPSA) is 57.6 Å². The molecule has 0 aromatic rings.